The molecule has 108 valence electrons. The fourth-order valence-electron chi connectivity index (χ4n) is 2.58. The van der Waals surface area contributed by atoms with E-state index in [0.29, 0.717) is 13.1 Å². The molecule has 0 aliphatic carbocycles. The van der Waals surface area contributed by atoms with Crippen LogP contribution in [0, 0.1) is 0 Å². The molecule has 0 spiro atoms. The highest BCUT2D eigenvalue weighted by Gasteiger charge is 2.27. The Morgan fingerprint density at radius 2 is 2.05 bits per heavy atom. The molecule has 0 saturated carbocycles. The minimum atomic E-state index is -0.632. The first-order valence-corrected chi connectivity index (χ1v) is 6.94. The first-order chi connectivity index (χ1) is 9.58. The van der Waals surface area contributed by atoms with Crippen LogP contribution in [0.4, 0.5) is 0 Å². The normalized spacial score (nSPS) is 20.3. The molecule has 1 saturated heterocycles. The molecule has 1 aromatic rings. The summed E-state index contributed by atoms with van der Waals surface area (Å²) in [7, 11) is 0. The quantitative estimate of drug-likeness (QED) is 0.857. The monoisotopic (exact) mass is 275 g/mol. The number of nitrogens with two attached hydrogens (primary N) is 1. The lowest BCUT2D eigenvalue weighted by atomic mass is 10.0. The first-order valence-electron chi connectivity index (χ1n) is 6.94. The van der Waals surface area contributed by atoms with Gasteiger partial charge >= 0.3 is 0 Å². The second-order valence-corrected chi connectivity index (χ2v) is 5.21. The van der Waals surface area contributed by atoms with Crippen LogP contribution in [-0.2, 0) is 9.59 Å². The maximum atomic E-state index is 12.4. The second kappa shape index (κ2) is 6.52. The lowest BCUT2D eigenvalue weighted by Crippen LogP contribution is -2.51. The van der Waals surface area contributed by atoms with Crippen molar-refractivity contribution in [2.75, 3.05) is 13.1 Å². The summed E-state index contributed by atoms with van der Waals surface area (Å²) >= 11 is 0. The van der Waals surface area contributed by atoms with Crippen LogP contribution in [0.25, 0.3) is 0 Å². The highest BCUT2D eigenvalue weighted by Crippen LogP contribution is 2.17. The number of nitrogens with zero attached hydrogens (tertiary/aromatic N) is 1. The van der Waals surface area contributed by atoms with Crippen molar-refractivity contribution in [2.24, 2.45) is 5.73 Å². The summed E-state index contributed by atoms with van der Waals surface area (Å²) in [6.45, 7) is 2.74. The van der Waals surface area contributed by atoms with E-state index in [9.17, 15) is 9.59 Å². The van der Waals surface area contributed by atoms with Crippen molar-refractivity contribution < 1.29 is 9.59 Å². The van der Waals surface area contributed by atoms with Gasteiger partial charge in [0.15, 0.2) is 0 Å². The maximum Gasteiger partial charge on any atom is 0.244 e. The van der Waals surface area contributed by atoms with Crippen molar-refractivity contribution in [3.05, 3.63) is 35.9 Å². The van der Waals surface area contributed by atoms with E-state index >= 15 is 0 Å². The Hall–Kier alpha value is -1.88. The molecule has 1 fully saturated rings. The molecule has 2 amide bonds. The Morgan fingerprint density at radius 1 is 1.35 bits per heavy atom. The van der Waals surface area contributed by atoms with Crippen molar-refractivity contribution in [3.8, 4) is 0 Å². The van der Waals surface area contributed by atoms with E-state index in [4.69, 9.17) is 5.73 Å². The van der Waals surface area contributed by atoms with E-state index in [1.807, 2.05) is 30.3 Å². The van der Waals surface area contributed by atoms with Crippen molar-refractivity contribution in [2.45, 2.75) is 31.8 Å². The highest BCUT2D eigenvalue weighted by molar-refractivity contribution is 5.83. The molecular weight excluding hydrogens is 254 g/mol. The smallest absolute Gasteiger partial charge is 0.244 e. The average Bonchev–Trinajstić information content (AvgIpc) is 2.46. The fourth-order valence-corrected chi connectivity index (χ4v) is 2.58. The zero-order valence-electron chi connectivity index (χ0n) is 11.7. The molecular formula is C15H21N3O2. The van der Waals surface area contributed by atoms with Crippen molar-refractivity contribution >= 4 is 11.8 Å². The maximum absolute atomic E-state index is 12.4. The lowest BCUT2D eigenvalue weighted by Gasteiger charge is -2.34. The molecule has 1 heterocycles. The standard InChI is InChI=1S/C15H21N3O2/c1-11(19)17-13-8-5-9-18(10-13)15(20)14(16)12-6-3-2-4-7-12/h2-4,6-7,13-14H,5,8-10,16H2,1H3,(H,17,19). The molecule has 5 nitrogen and oxygen atoms in total. The summed E-state index contributed by atoms with van der Waals surface area (Å²) < 4.78 is 0. The number of likely N-dealkylation sites (tertiary alicyclic amines) is 1. The molecule has 2 rings (SSSR count). The van der Waals surface area contributed by atoms with Gasteiger partial charge in [0.05, 0.1) is 0 Å². The fraction of sp³-hybridized carbons (Fsp3) is 0.467. The van der Waals surface area contributed by atoms with Gasteiger partial charge in [0.1, 0.15) is 6.04 Å². The number of piperidine rings is 1. The van der Waals surface area contributed by atoms with Gasteiger partial charge in [-0.3, -0.25) is 9.59 Å². The molecule has 2 atom stereocenters. The van der Waals surface area contributed by atoms with Gasteiger partial charge in [-0.2, -0.15) is 0 Å². The summed E-state index contributed by atoms with van der Waals surface area (Å²) in [4.78, 5) is 25.3. The van der Waals surface area contributed by atoms with Gasteiger partial charge in [-0.15, -0.1) is 0 Å². The summed E-state index contributed by atoms with van der Waals surface area (Å²) in [5.74, 6) is -0.136. The van der Waals surface area contributed by atoms with Crippen LogP contribution in [0.15, 0.2) is 30.3 Å². The molecule has 20 heavy (non-hydrogen) atoms. The van der Waals surface area contributed by atoms with E-state index in [0.717, 1.165) is 18.4 Å². The number of hydrogen-bond acceptors (Lipinski definition) is 3. The number of hydrogen-bond donors (Lipinski definition) is 2. The van der Waals surface area contributed by atoms with Gasteiger partial charge in [-0.1, -0.05) is 30.3 Å². The van der Waals surface area contributed by atoms with Crippen LogP contribution >= 0.6 is 0 Å². The Bertz CT molecular complexity index is 475. The van der Waals surface area contributed by atoms with Crippen LogP contribution < -0.4 is 11.1 Å². The lowest BCUT2D eigenvalue weighted by molar-refractivity contribution is -0.134. The third-order valence-corrected chi connectivity index (χ3v) is 3.57. The van der Waals surface area contributed by atoms with Gasteiger partial charge in [-0.05, 0) is 18.4 Å². The number of nitrogens with one attached hydrogen (secondary N) is 1. The van der Waals surface area contributed by atoms with Crippen molar-refractivity contribution in [1.29, 1.82) is 0 Å². The van der Waals surface area contributed by atoms with Gasteiger partial charge in [-0.25, -0.2) is 0 Å². The van der Waals surface area contributed by atoms with E-state index in [1.54, 1.807) is 4.90 Å². The molecule has 1 aromatic carbocycles. The first kappa shape index (κ1) is 14.5. The zero-order valence-corrected chi connectivity index (χ0v) is 11.7. The average molecular weight is 275 g/mol. The van der Waals surface area contributed by atoms with Gasteiger partial charge in [0.2, 0.25) is 11.8 Å². The number of amides is 2. The largest absolute Gasteiger partial charge is 0.352 e. The number of benzene rings is 1. The van der Waals surface area contributed by atoms with E-state index in [-0.39, 0.29) is 17.9 Å². The predicted molar refractivity (Wildman–Crippen MR) is 76.8 cm³/mol. The number of carbonyl (C=O) groups excluding carboxylic acids is 2. The molecule has 3 N–H and O–H groups in total. The zero-order chi connectivity index (χ0) is 14.5. The summed E-state index contributed by atoms with van der Waals surface area (Å²) in [6.07, 6.45) is 1.79. The molecule has 1 aliphatic heterocycles. The second-order valence-electron chi connectivity index (χ2n) is 5.21. The molecule has 2 unspecified atom stereocenters. The van der Waals surface area contributed by atoms with Gasteiger partial charge in [0.25, 0.3) is 0 Å². The van der Waals surface area contributed by atoms with Crippen LogP contribution in [0.2, 0.25) is 0 Å². The van der Waals surface area contributed by atoms with E-state index in [1.165, 1.54) is 6.92 Å². The minimum absolute atomic E-state index is 0.0353. The molecule has 0 bridgehead atoms. The summed E-state index contributed by atoms with van der Waals surface area (Å²) in [6, 6.07) is 8.77. The third kappa shape index (κ3) is 3.57. The number of rotatable bonds is 3. The van der Waals surface area contributed by atoms with E-state index in [2.05, 4.69) is 5.32 Å². The molecule has 1 aliphatic rings. The summed E-state index contributed by atoms with van der Waals surface area (Å²) in [5.41, 5.74) is 6.86. The highest BCUT2D eigenvalue weighted by atomic mass is 16.2. The Kier molecular flexibility index (Phi) is 4.74. The van der Waals surface area contributed by atoms with Crippen LogP contribution in [-0.4, -0.2) is 35.8 Å². The van der Waals surface area contributed by atoms with Gasteiger partial charge < -0.3 is 16.0 Å². The van der Waals surface area contributed by atoms with E-state index < -0.39 is 6.04 Å². The minimum Gasteiger partial charge on any atom is -0.352 e. The van der Waals surface area contributed by atoms with Gasteiger partial charge in [0, 0.05) is 26.1 Å². The van der Waals surface area contributed by atoms with Crippen molar-refractivity contribution in [1.82, 2.24) is 10.2 Å². The Morgan fingerprint density at radius 3 is 2.70 bits per heavy atom. The third-order valence-electron chi connectivity index (χ3n) is 3.57. The Balaban J connectivity index is 1.99. The topological polar surface area (TPSA) is 75.4 Å². The summed E-state index contributed by atoms with van der Waals surface area (Å²) in [5, 5.41) is 2.87. The predicted octanol–water partition coefficient (Wildman–Crippen LogP) is 0.814. The SMILES string of the molecule is CC(=O)NC1CCCN(C(=O)C(N)c2ccccc2)C1. The molecule has 0 aromatic heterocycles. The Labute approximate surface area is 119 Å². The van der Waals surface area contributed by atoms with Crippen molar-refractivity contribution in [3.63, 3.8) is 0 Å². The molecule has 0 radical (unpaired) electrons. The molecule has 5 heteroatoms. The van der Waals surface area contributed by atoms with Crippen LogP contribution in [0.3, 0.4) is 0 Å². The van der Waals surface area contributed by atoms with Crippen LogP contribution in [0.1, 0.15) is 31.4 Å². The number of carbonyl (C=O) groups is 2. The van der Waals surface area contributed by atoms with Crippen LogP contribution in [0.5, 0.6) is 0 Å².